The van der Waals surface area contributed by atoms with E-state index in [0.29, 0.717) is 17.3 Å². The van der Waals surface area contributed by atoms with Gasteiger partial charge in [-0.1, -0.05) is 17.3 Å². The van der Waals surface area contributed by atoms with Crippen molar-refractivity contribution in [3.05, 3.63) is 46.7 Å². The second-order valence-electron chi connectivity index (χ2n) is 5.48. The van der Waals surface area contributed by atoms with Crippen LogP contribution in [0.4, 0.5) is 0 Å². The van der Waals surface area contributed by atoms with Crippen molar-refractivity contribution in [1.29, 1.82) is 0 Å². The predicted molar refractivity (Wildman–Crippen MR) is 82.7 cm³/mol. The number of nitrogens with one attached hydrogen (secondary N) is 2. The molecule has 2 heterocycles. The Hall–Kier alpha value is -2.63. The molecule has 1 aromatic carbocycles. The summed E-state index contributed by atoms with van der Waals surface area (Å²) in [6.45, 7) is 7.60. The highest BCUT2D eigenvalue weighted by Gasteiger charge is 2.19. The number of rotatable bonds is 3. The molecular weight excluding hydrogens is 280 g/mol. The molecule has 0 radical (unpaired) electrons. The predicted octanol–water partition coefficient (Wildman–Crippen LogP) is 2.97. The van der Waals surface area contributed by atoms with Gasteiger partial charge in [0, 0.05) is 11.1 Å². The van der Waals surface area contributed by atoms with Crippen LogP contribution in [0.3, 0.4) is 0 Å². The number of benzene rings is 1. The lowest BCUT2D eigenvalue weighted by Gasteiger charge is -2.10. The first kappa shape index (κ1) is 14.3. The van der Waals surface area contributed by atoms with Gasteiger partial charge in [-0.2, -0.15) is 4.98 Å². The normalized spacial score (nSPS) is 12.5. The maximum absolute atomic E-state index is 12.5. The Kier molecular flexibility index (Phi) is 3.44. The first-order valence-corrected chi connectivity index (χ1v) is 7.16. The summed E-state index contributed by atoms with van der Waals surface area (Å²) in [7, 11) is 0. The standard InChI is InChI=1S/C16H18N4O2/c1-8-9(2)17-14-12(8)6-5-7-13(14)15(21)18-10(3)16-19-11(4)20-22-16/h5-7,10,17H,1-4H3,(H,18,21)/t10-/m1/s1. The first-order valence-electron chi connectivity index (χ1n) is 7.16. The number of para-hydroxylation sites is 1. The van der Waals surface area contributed by atoms with E-state index in [1.807, 2.05) is 32.9 Å². The fraction of sp³-hybridized carbons (Fsp3) is 0.312. The van der Waals surface area contributed by atoms with Gasteiger partial charge in [0.05, 0.1) is 11.1 Å². The molecule has 22 heavy (non-hydrogen) atoms. The van der Waals surface area contributed by atoms with Gasteiger partial charge in [-0.3, -0.25) is 4.79 Å². The maximum atomic E-state index is 12.5. The van der Waals surface area contributed by atoms with Crippen LogP contribution in [-0.4, -0.2) is 21.0 Å². The van der Waals surface area contributed by atoms with Gasteiger partial charge in [0.2, 0.25) is 5.89 Å². The Bertz CT molecular complexity index is 847. The quantitative estimate of drug-likeness (QED) is 0.778. The van der Waals surface area contributed by atoms with Crippen LogP contribution in [0.1, 0.15) is 46.3 Å². The summed E-state index contributed by atoms with van der Waals surface area (Å²) < 4.78 is 5.09. The Morgan fingerprint density at radius 1 is 1.32 bits per heavy atom. The molecule has 1 atom stereocenters. The van der Waals surface area contributed by atoms with E-state index in [-0.39, 0.29) is 11.9 Å². The monoisotopic (exact) mass is 298 g/mol. The minimum atomic E-state index is -0.346. The number of carbonyl (C=O) groups is 1. The third-order valence-electron chi connectivity index (χ3n) is 3.85. The second-order valence-corrected chi connectivity index (χ2v) is 5.48. The van der Waals surface area contributed by atoms with Crippen molar-refractivity contribution in [2.24, 2.45) is 0 Å². The summed E-state index contributed by atoms with van der Waals surface area (Å²) >= 11 is 0. The zero-order valence-electron chi connectivity index (χ0n) is 13.0. The Morgan fingerprint density at radius 3 is 2.77 bits per heavy atom. The lowest BCUT2D eigenvalue weighted by atomic mass is 10.1. The van der Waals surface area contributed by atoms with Gasteiger partial charge >= 0.3 is 0 Å². The third-order valence-corrected chi connectivity index (χ3v) is 3.85. The first-order chi connectivity index (χ1) is 10.5. The van der Waals surface area contributed by atoms with Gasteiger partial charge in [-0.05, 0) is 39.3 Å². The van der Waals surface area contributed by atoms with Crippen molar-refractivity contribution in [2.45, 2.75) is 33.7 Å². The van der Waals surface area contributed by atoms with E-state index >= 15 is 0 Å². The minimum absolute atomic E-state index is 0.171. The molecule has 0 spiro atoms. The van der Waals surface area contributed by atoms with Gasteiger partial charge in [0.1, 0.15) is 6.04 Å². The molecule has 0 aliphatic carbocycles. The van der Waals surface area contributed by atoms with Crippen molar-refractivity contribution in [3.8, 4) is 0 Å². The number of hydrogen-bond donors (Lipinski definition) is 2. The molecule has 114 valence electrons. The van der Waals surface area contributed by atoms with Gasteiger partial charge in [-0.15, -0.1) is 0 Å². The fourth-order valence-electron chi connectivity index (χ4n) is 2.50. The summed E-state index contributed by atoms with van der Waals surface area (Å²) in [5, 5.41) is 7.69. The van der Waals surface area contributed by atoms with Crippen LogP contribution in [0, 0.1) is 20.8 Å². The summed E-state index contributed by atoms with van der Waals surface area (Å²) in [5.74, 6) is 0.779. The largest absolute Gasteiger partial charge is 0.358 e. The minimum Gasteiger partial charge on any atom is -0.358 e. The summed E-state index contributed by atoms with van der Waals surface area (Å²) in [5.41, 5.74) is 3.68. The van der Waals surface area contributed by atoms with Crippen LogP contribution < -0.4 is 5.32 Å². The molecule has 0 aliphatic rings. The third kappa shape index (κ3) is 2.36. The van der Waals surface area contributed by atoms with Gasteiger partial charge in [0.15, 0.2) is 5.82 Å². The average molecular weight is 298 g/mol. The van der Waals surface area contributed by atoms with Crippen LogP contribution >= 0.6 is 0 Å². The van der Waals surface area contributed by atoms with E-state index in [9.17, 15) is 4.79 Å². The summed E-state index contributed by atoms with van der Waals surface area (Å²) in [6.07, 6.45) is 0. The number of fused-ring (bicyclic) bond motifs is 1. The molecule has 1 amide bonds. The molecule has 0 aliphatic heterocycles. The van der Waals surface area contributed by atoms with Crippen LogP contribution in [0.15, 0.2) is 22.7 Å². The average Bonchev–Trinajstić information content (AvgIpc) is 3.04. The number of nitrogens with zero attached hydrogens (tertiary/aromatic N) is 2. The molecule has 0 saturated carbocycles. The van der Waals surface area contributed by atoms with Crippen molar-refractivity contribution in [3.63, 3.8) is 0 Å². The summed E-state index contributed by atoms with van der Waals surface area (Å²) in [4.78, 5) is 20.0. The second kappa shape index (κ2) is 5.29. The molecule has 0 unspecified atom stereocenters. The number of hydrogen-bond acceptors (Lipinski definition) is 4. The number of carbonyl (C=O) groups excluding carboxylic acids is 1. The number of aromatic amines is 1. The molecule has 6 heteroatoms. The van der Waals surface area contributed by atoms with Crippen LogP contribution in [0.2, 0.25) is 0 Å². The molecule has 3 aromatic rings. The SMILES string of the molecule is Cc1noc([C@@H](C)NC(=O)c2cccc3c(C)c(C)[nH]c23)n1. The molecule has 2 N–H and O–H groups in total. The Labute approximate surface area is 127 Å². The molecule has 0 bridgehead atoms. The molecule has 0 saturated heterocycles. The fourth-order valence-corrected chi connectivity index (χ4v) is 2.50. The van der Waals surface area contributed by atoms with E-state index in [4.69, 9.17) is 4.52 Å². The van der Waals surface area contributed by atoms with Crippen LogP contribution in [-0.2, 0) is 0 Å². The number of aromatic nitrogens is 3. The van der Waals surface area contributed by atoms with E-state index in [1.165, 1.54) is 0 Å². The Balaban J connectivity index is 1.91. The molecule has 6 nitrogen and oxygen atoms in total. The zero-order chi connectivity index (χ0) is 15.9. The van der Waals surface area contributed by atoms with Crippen LogP contribution in [0.25, 0.3) is 10.9 Å². The van der Waals surface area contributed by atoms with E-state index < -0.39 is 0 Å². The number of aryl methyl sites for hydroxylation is 3. The van der Waals surface area contributed by atoms with E-state index in [1.54, 1.807) is 13.0 Å². The van der Waals surface area contributed by atoms with Crippen LogP contribution in [0.5, 0.6) is 0 Å². The van der Waals surface area contributed by atoms with Gasteiger partial charge < -0.3 is 14.8 Å². The van der Waals surface area contributed by atoms with Gasteiger partial charge in [-0.25, -0.2) is 0 Å². The topological polar surface area (TPSA) is 83.8 Å². The summed E-state index contributed by atoms with van der Waals surface area (Å²) in [6, 6.07) is 5.36. The maximum Gasteiger partial charge on any atom is 0.254 e. The molecule has 0 fully saturated rings. The van der Waals surface area contributed by atoms with Crippen molar-refractivity contribution < 1.29 is 9.32 Å². The lowest BCUT2D eigenvalue weighted by Crippen LogP contribution is -2.27. The lowest BCUT2D eigenvalue weighted by molar-refractivity contribution is 0.0934. The zero-order valence-corrected chi connectivity index (χ0v) is 13.0. The van der Waals surface area contributed by atoms with E-state index in [0.717, 1.165) is 22.2 Å². The molecule has 3 rings (SSSR count). The highest BCUT2D eigenvalue weighted by Crippen LogP contribution is 2.24. The number of H-pyrrole nitrogens is 1. The Morgan fingerprint density at radius 2 is 2.09 bits per heavy atom. The highest BCUT2D eigenvalue weighted by molar-refractivity contribution is 6.06. The smallest absolute Gasteiger partial charge is 0.254 e. The molecule has 2 aromatic heterocycles. The van der Waals surface area contributed by atoms with Crippen molar-refractivity contribution in [2.75, 3.05) is 0 Å². The number of amides is 1. The molecular formula is C16H18N4O2. The highest BCUT2D eigenvalue weighted by atomic mass is 16.5. The van der Waals surface area contributed by atoms with Gasteiger partial charge in [0.25, 0.3) is 5.91 Å². The van der Waals surface area contributed by atoms with Crippen molar-refractivity contribution >= 4 is 16.8 Å². The van der Waals surface area contributed by atoms with Crippen molar-refractivity contribution in [1.82, 2.24) is 20.4 Å². The van der Waals surface area contributed by atoms with E-state index in [2.05, 4.69) is 20.4 Å².